The minimum atomic E-state index is 0.389. The summed E-state index contributed by atoms with van der Waals surface area (Å²) in [6.07, 6.45) is 8.18. The number of benzene rings is 1. The smallest absolute Gasteiger partial charge is 0.119 e. The standard InChI is InChI=1S/C18H21N3O/c1-2-4-17(5-3-1)22-18-6-15-11-21(12-16(15)7-18)10-14-8-19-13-20-9-14/h1-5,8-9,13,15-16,18H,6-7,10-12H2/t15-,16+,18?. The van der Waals surface area contributed by atoms with E-state index < -0.39 is 0 Å². The number of ether oxygens (including phenoxy) is 1. The zero-order chi connectivity index (χ0) is 14.8. The van der Waals surface area contributed by atoms with Gasteiger partial charge < -0.3 is 4.74 Å². The maximum absolute atomic E-state index is 6.13. The summed E-state index contributed by atoms with van der Waals surface area (Å²) in [5.74, 6) is 2.56. The van der Waals surface area contributed by atoms with E-state index in [1.165, 1.54) is 31.5 Å². The molecule has 1 saturated heterocycles. The van der Waals surface area contributed by atoms with Gasteiger partial charge in [-0.15, -0.1) is 0 Å². The van der Waals surface area contributed by atoms with Crippen LogP contribution in [0.4, 0.5) is 0 Å². The van der Waals surface area contributed by atoms with E-state index in [1.54, 1.807) is 6.33 Å². The van der Waals surface area contributed by atoms with Crippen LogP contribution in [0.25, 0.3) is 0 Å². The maximum Gasteiger partial charge on any atom is 0.119 e. The first-order chi connectivity index (χ1) is 10.9. The van der Waals surface area contributed by atoms with Crippen molar-refractivity contribution in [3.63, 3.8) is 0 Å². The number of fused-ring (bicyclic) bond motifs is 1. The number of nitrogens with zero attached hydrogens (tertiary/aromatic N) is 3. The first kappa shape index (κ1) is 13.7. The molecule has 0 amide bonds. The molecule has 3 atom stereocenters. The fourth-order valence-electron chi connectivity index (χ4n) is 3.93. The van der Waals surface area contributed by atoms with Gasteiger partial charge in [0.1, 0.15) is 12.1 Å². The third kappa shape index (κ3) is 2.97. The van der Waals surface area contributed by atoms with Gasteiger partial charge in [-0.05, 0) is 36.8 Å². The summed E-state index contributed by atoms with van der Waals surface area (Å²) in [5.41, 5.74) is 1.21. The fraction of sp³-hybridized carbons (Fsp3) is 0.444. The molecule has 2 fully saturated rings. The van der Waals surface area contributed by atoms with Crippen molar-refractivity contribution in [2.45, 2.75) is 25.5 Å². The molecule has 0 N–H and O–H groups in total. The molecule has 1 aromatic carbocycles. The van der Waals surface area contributed by atoms with Gasteiger partial charge in [0.05, 0.1) is 6.10 Å². The van der Waals surface area contributed by atoms with Crippen LogP contribution >= 0.6 is 0 Å². The van der Waals surface area contributed by atoms with Gasteiger partial charge in [0.2, 0.25) is 0 Å². The molecule has 114 valence electrons. The van der Waals surface area contributed by atoms with Crippen molar-refractivity contribution < 1.29 is 4.74 Å². The van der Waals surface area contributed by atoms with E-state index in [4.69, 9.17) is 4.74 Å². The molecule has 4 heteroatoms. The largest absolute Gasteiger partial charge is 0.490 e. The molecule has 1 aliphatic heterocycles. The molecule has 1 unspecified atom stereocenters. The van der Waals surface area contributed by atoms with Crippen LogP contribution in [0.15, 0.2) is 49.1 Å². The van der Waals surface area contributed by atoms with Crippen molar-refractivity contribution in [1.29, 1.82) is 0 Å². The first-order valence-electron chi connectivity index (χ1n) is 8.05. The highest BCUT2D eigenvalue weighted by Crippen LogP contribution is 2.40. The topological polar surface area (TPSA) is 38.2 Å². The average molecular weight is 295 g/mol. The number of para-hydroxylation sites is 1. The van der Waals surface area contributed by atoms with Crippen LogP contribution in [0, 0.1) is 11.8 Å². The summed E-state index contributed by atoms with van der Waals surface area (Å²) in [4.78, 5) is 10.7. The number of aromatic nitrogens is 2. The number of hydrogen-bond donors (Lipinski definition) is 0. The predicted molar refractivity (Wildman–Crippen MR) is 84.4 cm³/mol. The number of likely N-dealkylation sites (tertiary alicyclic amines) is 1. The molecular formula is C18H21N3O. The Hall–Kier alpha value is -1.94. The molecule has 2 heterocycles. The van der Waals surface area contributed by atoms with Crippen LogP contribution in [0.3, 0.4) is 0 Å². The lowest BCUT2D eigenvalue weighted by Gasteiger charge is -2.19. The summed E-state index contributed by atoms with van der Waals surface area (Å²) >= 11 is 0. The highest BCUT2D eigenvalue weighted by Gasteiger charge is 2.41. The SMILES string of the molecule is c1ccc(OC2C[C@@H]3CN(Cc4cncnc4)C[C@@H]3C2)cc1. The van der Waals surface area contributed by atoms with Gasteiger partial charge in [-0.2, -0.15) is 0 Å². The van der Waals surface area contributed by atoms with Gasteiger partial charge in [-0.25, -0.2) is 9.97 Å². The molecule has 22 heavy (non-hydrogen) atoms. The van der Waals surface area contributed by atoms with Crippen molar-refractivity contribution in [2.75, 3.05) is 13.1 Å². The maximum atomic E-state index is 6.13. The van der Waals surface area contributed by atoms with E-state index in [0.717, 1.165) is 24.1 Å². The van der Waals surface area contributed by atoms with Gasteiger partial charge in [0, 0.05) is 37.6 Å². The quantitative estimate of drug-likeness (QED) is 0.869. The van der Waals surface area contributed by atoms with Gasteiger partial charge in [-0.3, -0.25) is 4.90 Å². The van der Waals surface area contributed by atoms with Gasteiger partial charge in [0.25, 0.3) is 0 Å². The molecular weight excluding hydrogens is 274 g/mol. The predicted octanol–water partition coefficient (Wildman–Crippen LogP) is 2.77. The minimum absolute atomic E-state index is 0.389. The van der Waals surface area contributed by atoms with Crippen LogP contribution in [-0.4, -0.2) is 34.1 Å². The van der Waals surface area contributed by atoms with Crippen molar-refractivity contribution in [3.8, 4) is 5.75 Å². The monoisotopic (exact) mass is 295 g/mol. The molecule has 0 spiro atoms. The van der Waals surface area contributed by atoms with E-state index in [0.29, 0.717) is 6.10 Å². The second kappa shape index (κ2) is 6.05. The average Bonchev–Trinajstić information content (AvgIpc) is 3.07. The molecule has 1 saturated carbocycles. The zero-order valence-corrected chi connectivity index (χ0v) is 12.6. The van der Waals surface area contributed by atoms with Crippen LogP contribution in [-0.2, 0) is 6.54 Å². The van der Waals surface area contributed by atoms with E-state index >= 15 is 0 Å². The second-order valence-electron chi connectivity index (χ2n) is 6.49. The Labute approximate surface area is 131 Å². The van der Waals surface area contributed by atoms with Gasteiger partial charge in [0.15, 0.2) is 0 Å². The molecule has 2 aromatic rings. The van der Waals surface area contributed by atoms with Crippen LogP contribution in [0.1, 0.15) is 18.4 Å². The highest BCUT2D eigenvalue weighted by molar-refractivity contribution is 5.21. The normalized spacial score (nSPS) is 27.7. The Kier molecular flexibility index (Phi) is 3.77. The highest BCUT2D eigenvalue weighted by atomic mass is 16.5. The molecule has 0 bridgehead atoms. The second-order valence-corrected chi connectivity index (χ2v) is 6.49. The lowest BCUT2D eigenvalue weighted by Crippen LogP contribution is -2.24. The first-order valence-corrected chi connectivity index (χ1v) is 8.05. The van der Waals surface area contributed by atoms with E-state index in [2.05, 4.69) is 27.0 Å². The Morgan fingerprint density at radius 3 is 2.36 bits per heavy atom. The van der Waals surface area contributed by atoms with E-state index in [1.807, 2.05) is 30.6 Å². The third-order valence-corrected chi connectivity index (χ3v) is 4.85. The van der Waals surface area contributed by atoms with Crippen LogP contribution in [0.5, 0.6) is 5.75 Å². The summed E-state index contributed by atoms with van der Waals surface area (Å²) in [6.45, 7) is 3.32. The summed E-state index contributed by atoms with van der Waals surface area (Å²) < 4.78 is 6.13. The summed E-state index contributed by atoms with van der Waals surface area (Å²) in [7, 11) is 0. The number of rotatable bonds is 4. The third-order valence-electron chi connectivity index (χ3n) is 4.85. The van der Waals surface area contributed by atoms with E-state index in [-0.39, 0.29) is 0 Å². The molecule has 2 aliphatic rings. The Bertz CT molecular complexity index is 537. The van der Waals surface area contributed by atoms with Gasteiger partial charge in [-0.1, -0.05) is 18.2 Å². The Morgan fingerprint density at radius 1 is 1.00 bits per heavy atom. The Morgan fingerprint density at radius 2 is 1.68 bits per heavy atom. The van der Waals surface area contributed by atoms with Crippen molar-refractivity contribution >= 4 is 0 Å². The van der Waals surface area contributed by atoms with E-state index in [9.17, 15) is 0 Å². The minimum Gasteiger partial charge on any atom is -0.490 e. The van der Waals surface area contributed by atoms with Crippen molar-refractivity contribution in [2.24, 2.45) is 11.8 Å². The summed E-state index contributed by atoms with van der Waals surface area (Å²) in [6, 6.07) is 10.2. The molecule has 1 aliphatic carbocycles. The lowest BCUT2D eigenvalue weighted by atomic mass is 10.0. The molecule has 4 rings (SSSR count). The van der Waals surface area contributed by atoms with Crippen molar-refractivity contribution in [1.82, 2.24) is 14.9 Å². The van der Waals surface area contributed by atoms with Crippen LogP contribution < -0.4 is 4.74 Å². The molecule has 1 aromatic heterocycles. The zero-order valence-electron chi connectivity index (χ0n) is 12.6. The van der Waals surface area contributed by atoms with Crippen LogP contribution in [0.2, 0.25) is 0 Å². The summed E-state index contributed by atoms with van der Waals surface area (Å²) in [5, 5.41) is 0. The van der Waals surface area contributed by atoms with Crippen molar-refractivity contribution in [3.05, 3.63) is 54.6 Å². The molecule has 4 nitrogen and oxygen atoms in total. The van der Waals surface area contributed by atoms with Gasteiger partial charge >= 0.3 is 0 Å². The Balaban J connectivity index is 1.31. The lowest BCUT2D eigenvalue weighted by molar-refractivity contribution is 0.184. The number of hydrogen-bond acceptors (Lipinski definition) is 4. The fourth-order valence-corrected chi connectivity index (χ4v) is 3.93. The molecule has 0 radical (unpaired) electrons.